The van der Waals surface area contributed by atoms with Crippen LogP contribution in [-0.4, -0.2) is 11.0 Å². The van der Waals surface area contributed by atoms with Gasteiger partial charge in [-0.1, -0.05) is 14.9 Å². The molecule has 0 aliphatic carbocycles. The molecule has 3 N–H and O–H groups in total. The smallest absolute Gasteiger partial charge is 0 e. The second kappa shape index (κ2) is 481. The third-order valence-electron chi connectivity index (χ3n) is 0. The second-order valence-electron chi connectivity index (χ2n) is 0. The number of rotatable bonds is 0. The van der Waals surface area contributed by atoms with Gasteiger partial charge in [0.15, 0.2) is 0 Å². The van der Waals surface area contributed by atoms with E-state index in [1.165, 1.54) is 0 Å². The summed E-state index contributed by atoms with van der Waals surface area (Å²) in [7, 11) is 0. The highest BCUT2D eigenvalue weighted by Gasteiger charge is 0.0000292. The molecule has 0 saturated carbocycles. The summed E-state index contributed by atoms with van der Waals surface area (Å²) >= 11 is 0. The topological polar surface area (TPSA) is 35.0 Å². The van der Waals surface area contributed by atoms with Crippen molar-refractivity contribution in [2.75, 3.05) is 0 Å². The lowest BCUT2D eigenvalue weighted by atomic mass is 12.0. The van der Waals surface area contributed by atoms with Gasteiger partial charge >= 0.3 is 0 Å². The van der Waals surface area contributed by atoms with E-state index in [2.05, 4.69) is 0 Å². The monoisotopic (exact) mass is 77.1 g/mol. The van der Waals surface area contributed by atoms with Gasteiger partial charge in [0.05, 0.1) is 0 Å². The Balaban J connectivity index is 0. The molecule has 0 aromatic rings. The minimum atomic E-state index is 0. The van der Waals surface area contributed by atoms with Crippen LogP contribution < -0.4 is 6.15 Å². The van der Waals surface area contributed by atoms with Crippen LogP contribution in [0.4, 0.5) is 0 Å². The van der Waals surface area contributed by atoms with Gasteiger partial charge in [-0.05, 0) is 0 Å². The molecule has 28 valence electrons. The Labute approximate surface area is 33.0 Å². The van der Waals surface area contributed by atoms with Gasteiger partial charge in [-0.15, -0.1) is 0 Å². The first kappa shape index (κ1) is 1350. The summed E-state index contributed by atoms with van der Waals surface area (Å²) in [6.07, 6.45) is 0. The van der Waals surface area contributed by atoms with Crippen LogP contribution in [0.25, 0.3) is 0 Å². The van der Waals surface area contributed by atoms with E-state index in [4.69, 9.17) is 0 Å². The van der Waals surface area contributed by atoms with Gasteiger partial charge in [0.25, 0.3) is 0 Å². The minimum Gasteiger partial charge on any atom is -0.344 e. The van der Waals surface area contributed by atoms with Crippen LogP contribution >= 0.6 is 0 Å². The van der Waals surface area contributed by atoms with Crippen molar-refractivity contribution in [2.45, 2.75) is 14.9 Å². The van der Waals surface area contributed by atoms with Gasteiger partial charge in [-0.25, -0.2) is 0 Å². The van der Waals surface area contributed by atoms with Crippen molar-refractivity contribution in [1.82, 2.24) is 6.15 Å². The zero-order valence-electron chi connectivity index (χ0n) is 1.21. The average molecular weight is 77.2 g/mol. The summed E-state index contributed by atoms with van der Waals surface area (Å²) in [5, 5.41) is 0. The molecule has 0 bridgehead atoms. The van der Waals surface area contributed by atoms with Crippen LogP contribution in [0.1, 0.15) is 14.9 Å². The van der Waals surface area contributed by atoms with Crippen molar-refractivity contribution in [3.63, 3.8) is 0 Å². The fourth-order valence-electron chi connectivity index (χ4n) is 0. The third kappa shape index (κ3) is 96.4. The molecule has 0 saturated heterocycles. The van der Waals surface area contributed by atoms with Crippen molar-refractivity contribution < 1.29 is 0 Å². The molecule has 0 rings (SSSR count). The molecule has 0 unspecified atom stereocenters. The van der Waals surface area contributed by atoms with E-state index >= 15 is 0 Å². The molecule has 0 heterocycles. The van der Waals surface area contributed by atoms with Gasteiger partial charge in [0.2, 0.25) is 0 Å². The molecular formula is C2H11NSi. The van der Waals surface area contributed by atoms with E-state index in [1.807, 2.05) is 0 Å². The molecule has 1 nitrogen and oxygen atoms in total. The molecule has 0 fully saturated rings. The molecule has 0 aliphatic rings. The van der Waals surface area contributed by atoms with E-state index in [0.29, 0.717) is 0 Å². The van der Waals surface area contributed by atoms with Gasteiger partial charge in [-0.3, -0.25) is 0 Å². The van der Waals surface area contributed by atoms with E-state index in [-0.39, 0.29) is 32.0 Å². The Morgan fingerprint density at radius 2 is 0.750 bits per heavy atom. The highest BCUT2D eigenvalue weighted by Crippen LogP contribution is 0.145. The maximum Gasteiger partial charge on any atom is 0 e. The van der Waals surface area contributed by atoms with Gasteiger partial charge < -0.3 is 6.15 Å². The summed E-state index contributed by atoms with van der Waals surface area (Å²) in [6, 6.07) is 0. The maximum absolute atomic E-state index is 0. The largest absolute Gasteiger partial charge is 0.344 e. The normalized spacial score (nSPS) is 0. The van der Waals surface area contributed by atoms with Gasteiger partial charge in [0, 0.05) is 11.0 Å². The first-order chi connectivity index (χ1) is 0. The molecular weight excluding hydrogens is 66.1 g/mol. The average Bonchev–Trinajstić information content (AvgIpc) is 0. The second-order valence-corrected chi connectivity index (χ2v) is 0. The predicted molar refractivity (Wildman–Crippen MR) is 24.2 cm³/mol. The Bertz CT molecular complexity index is 6.00. The predicted octanol–water partition coefficient (Wildman–Crippen LogP) is 1.05. The van der Waals surface area contributed by atoms with Crippen LogP contribution in [0.2, 0.25) is 0 Å². The first-order valence-electron chi connectivity index (χ1n) is 0. The Hall–Kier alpha value is 0.177. The van der Waals surface area contributed by atoms with E-state index in [0.717, 1.165) is 0 Å². The lowest BCUT2D eigenvalue weighted by Gasteiger charge is -0.344. The molecule has 0 aromatic carbocycles. The standard InChI is InChI=1S/2CH4.H3N.Si/h2*1H4;1H3;. The first-order valence-corrected chi connectivity index (χ1v) is 0. The molecule has 0 spiro atoms. The van der Waals surface area contributed by atoms with Crippen LogP contribution in [0.3, 0.4) is 0 Å². The maximum atomic E-state index is 0. The fourth-order valence-corrected chi connectivity index (χ4v) is 0. The van der Waals surface area contributed by atoms with Crippen LogP contribution in [0.15, 0.2) is 0 Å². The van der Waals surface area contributed by atoms with Crippen molar-refractivity contribution in [2.24, 2.45) is 0 Å². The highest BCUT2D eigenvalue weighted by atomic mass is 28.1. The zero-order chi connectivity index (χ0) is 0. The summed E-state index contributed by atoms with van der Waals surface area (Å²) in [6.45, 7) is 0. The Kier molecular flexibility index (Phi) is 162000. The molecule has 2 heteroatoms. The molecule has 4 heavy (non-hydrogen) atoms. The third-order valence-corrected chi connectivity index (χ3v) is 0. The quantitative estimate of drug-likeness (QED) is 0.431. The Morgan fingerprint density at radius 1 is 0.750 bits per heavy atom. The van der Waals surface area contributed by atoms with Crippen LogP contribution in [0.5, 0.6) is 0 Å². The van der Waals surface area contributed by atoms with Crippen molar-refractivity contribution >= 4 is 11.0 Å². The molecule has 0 aromatic heterocycles. The summed E-state index contributed by atoms with van der Waals surface area (Å²) in [5.41, 5.74) is 0. The summed E-state index contributed by atoms with van der Waals surface area (Å²) in [5.74, 6) is 0. The molecule has 4 radical (unpaired) electrons. The SMILES string of the molecule is C.C.N.[Si]. The zero-order valence-corrected chi connectivity index (χ0v) is 2.21. The Morgan fingerprint density at radius 3 is 0.750 bits per heavy atom. The van der Waals surface area contributed by atoms with Crippen molar-refractivity contribution in [1.29, 1.82) is 0 Å². The van der Waals surface area contributed by atoms with E-state index in [9.17, 15) is 0 Å². The lowest BCUT2D eigenvalue weighted by molar-refractivity contribution is 2.13. The van der Waals surface area contributed by atoms with E-state index in [1.54, 1.807) is 0 Å². The van der Waals surface area contributed by atoms with Crippen molar-refractivity contribution in [3.8, 4) is 0 Å². The molecule has 0 atom stereocenters. The van der Waals surface area contributed by atoms with Gasteiger partial charge in [0.1, 0.15) is 0 Å². The number of hydrogen-bond donors (Lipinski definition) is 1. The summed E-state index contributed by atoms with van der Waals surface area (Å²) < 4.78 is 0. The van der Waals surface area contributed by atoms with Crippen molar-refractivity contribution in [3.05, 3.63) is 0 Å². The summed E-state index contributed by atoms with van der Waals surface area (Å²) in [4.78, 5) is 0. The highest BCUT2D eigenvalue weighted by molar-refractivity contribution is 5.75. The number of hydrogen-bond acceptors (Lipinski definition) is 1. The van der Waals surface area contributed by atoms with E-state index < -0.39 is 0 Å². The molecule has 0 aliphatic heterocycles. The van der Waals surface area contributed by atoms with Crippen LogP contribution in [-0.2, 0) is 0 Å². The van der Waals surface area contributed by atoms with Gasteiger partial charge in [-0.2, -0.15) is 0 Å². The molecule has 0 amide bonds. The fraction of sp³-hybridized carbons (Fsp3) is 1.00. The minimum absolute atomic E-state index is 0. The lowest BCUT2D eigenvalue weighted by Crippen LogP contribution is -0.481. The van der Waals surface area contributed by atoms with Crippen LogP contribution in [0, 0.1) is 0 Å².